The van der Waals surface area contributed by atoms with Crippen molar-refractivity contribution in [3.8, 4) is 5.75 Å². The number of nitrogens with one attached hydrogen (secondary N) is 1. The zero-order valence-electron chi connectivity index (χ0n) is 20.8. The molecule has 0 radical (unpaired) electrons. The number of ether oxygens (including phenoxy) is 1. The van der Waals surface area contributed by atoms with Gasteiger partial charge in [0.05, 0.1) is 19.7 Å². The Balaban J connectivity index is 1.32. The van der Waals surface area contributed by atoms with Crippen molar-refractivity contribution in [2.24, 2.45) is 0 Å². The molecule has 194 valence electrons. The van der Waals surface area contributed by atoms with E-state index in [1.807, 2.05) is 41.8 Å². The summed E-state index contributed by atoms with van der Waals surface area (Å²) in [5, 5.41) is 4.40. The normalized spacial score (nSPS) is 18.6. The molecule has 2 unspecified atom stereocenters. The van der Waals surface area contributed by atoms with E-state index in [-0.39, 0.29) is 35.7 Å². The van der Waals surface area contributed by atoms with Crippen LogP contribution in [0, 0.1) is 0 Å². The van der Waals surface area contributed by atoms with Crippen molar-refractivity contribution in [2.75, 3.05) is 13.7 Å². The van der Waals surface area contributed by atoms with Crippen molar-refractivity contribution in [3.63, 3.8) is 0 Å². The maximum atomic E-state index is 13.4. The van der Waals surface area contributed by atoms with E-state index in [4.69, 9.17) is 4.74 Å². The highest BCUT2D eigenvalue weighted by atomic mass is 32.2. The van der Waals surface area contributed by atoms with E-state index >= 15 is 0 Å². The lowest BCUT2D eigenvalue weighted by Crippen LogP contribution is -2.61. The molecule has 2 aliphatic rings. The molecular weight excluding hydrogens is 490 g/mol. The molecule has 0 spiro atoms. The molecule has 37 heavy (non-hydrogen) atoms. The molecule has 2 heterocycles. The number of carbonyl (C=O) groups is 4. The largest absolute Gasteiger partial charge is 0.496 e. The second kappa shape index (κ2) is 12.6. The smallest absolute Gasteiger partial charge is 0.327 e. The topological polar surface area (TPSA) is 96.0 Å². The Morgan fingerprint density at radius 1 is 1.11 bits per heavy atom. The number of hydrogen-bond acceptors (Lipinski definition) is 6. The van der Waals surface area contributed by atoms with Crippen molar-refractivity contribution in [2.45, 2.75) is 50.1 Å². The molecule has 4 amide bonds. The molecule has 2 atom stereocenters. The minimum atomic E-state index is -0.387. The predicted octanol–water partition coefficient (Wildman–Crippen LogP) is 4.15. The Hall–Kier alpha value is -3.59. The third-order valence-corrected chi connectivity index (χ3v) is 7.64. The first kappa shape index (κ1) is 26.5. The number of benzene rings is 2. The molecule has 0 bridgehead atoms. The molecule has 8 nitrogen and oxygen atoms in total. The van der Waals surface area contributed by atoms with E-state index in [2.05, 4.69) is 5.32 Å². The quantitative estimate of drug-likeness (QED) is 0.333. The molecule has 1 N–H and O–H groups in total. The third kappa shape index (κ3) is 6.40. The van der Waals surface area contributed by atoms with Crippen molar-refractivity contribution >= 4 is 35.9 Å². The molecule has 2 aliphatic heterocycles. The zero-order valence-corrected chi connectivity index (χ0v) is 21.6. The van der Waals surface area contributed by atoms with E-state index in [0.29, 0.717) is 49.2 Å². The first-order chi connectivity index (χ1) is 18.0. The van der Waals surface area contributed by atoms with Gasteiger partial charge in [0.2, 0.25) is 11.8 Å². The summed E-state index contributed by atoms with van der Waals surface area (Å²) in [6.07, 6.45) is 5.07. The van der Waals surface area contributed by atoms with Gasteiger partial charge in [0.25, 0.3) is 0 Å². The summed E-state index contributed by atoms with van der Waals surface area (Å²) < 4.78 is 5.44. The summed E-state index contributed by atoms with van der Waals surface area (Å²) in [4.78, 5) is 53.0. The molecule has 0 aliphatic carbocycles. The highest BCUT2D eigenvalue weighted by Gasteiger charge is 2.47. The number of aldehydes is 1. The van der Waals surface area contributed by atoms with Crippen molar-refractivity contribution < 1.29 is 23.9 Å². The van der Waals surface area contributed by atoms with Crippen LogP contribution in [-0.2, 0) is 22.7 Å². The van der Waals surface area contributed by atoms with Gasteiger partial charge >= 0.3 is 6.03 Å². The van der Waals surface area contributed by atoms with E-state index in [9.17, 15) is 19.2 Å². The van der Waals surface area contributed by atoms with E-state index in [1.165, 1.54) is 16.7 Å². The number of hydrogen-bond donors (Lipinski definition) is 1. The Morgan fingerprint density at radius 2 is 1.92 bits per heavy atom. The van der Waals surface area contributed by atoms with Crippen LogP contribution in [0.5, 0.6) is 5.75 Å². The minimum Gasteiger partial charge on any atom is -0.496 e. The van der Waals surface area contributed by atoms with Crippen LogP contribution in [0.3, 0.4) is 0 Å². The number of unbranched alkanes of at least 4 members (excludes halogenated alkanes) is 2. The number of carbonyl (C=O) groups excluding carboxylic acids is 4. The Kier molecular flexibility index (Phi) is 9.00. The molecule has 1 fully saturated rings. The van der Waals surface area contributed by atoms with Crippen LogP contribution in [0.15, 0.2) is 60.0 Å². The van der Waals surface area contributed by atoms with Crippen molar-refractivity contribution in [3.05, 3.63) is 76.7 Å². The Bertz CT molecular complexity index is 1170. The number of nitrogens with zero attached hydrogens (tertiary/aromatic N) is 2. The average Bonchev–Trinajstić information content (AvgIpc) is 3.42. The molecule has 2 aromatic carbocycles. The van der Waals surface area contributed by atoms with E-state index in [0.717, 1.165) is 18.3 Å². The van der Waals surface area contributed by atoms with Crippen molar-refractivity contribution in [1.82, 2.24) is 15.1 Å². The number of rotatable bonds is 12. The Labute approximate surface area is 221 Å². The molecule has 2 aromatic rings. The molecule has 9 heteroatoms. The fraction of sp³-hybridized carbons (Fsp3) is 0.357. The molecule has 1 saturated heterocycles. The monoisotopic (exact) mass is 521 g/mol. The van der Waals surface area contributed by atoms with Crippen LogP contribution in [0.4, 0.5) is 4.79 Å². The second-order valence-electron chi connectivity index (χ2n) is 9.04. The van der Waals surface area contributed by atoms with Gasteiger partial charge in [0, 0.05) is 30.6 Å². The summed E-state index contributed by atoms with van der Waals surface area (Å²) in [5.41, 5.74) is 2.25. The van der Waals surface area contributed by atoms with Crippen molar-refractivity contribution in [1.29, 1.82) is 0 Å². The lowest BCUT2D eigenvalue weighted by molar-refractivity contribution is -0.131. The van der Waals surface area contributed by atoms with Crippen LogP contribution in [0.25, 0.3) is 0 Å². The first-order valence-corrected chi connectivity index (χ1v) is 13.3. The summed E-state index contributed by atoms with van der Waals surface area (Å²) in [6.45, 7) is 1.03. The summed E-state index contributed by atoms with van der Waals surface area (Å²) >= 11 is 1.42. The zero-order chi connectivity index (χ0) is 26.2. The van der Waals surface area contributed by atoms with Crippen LogP contribution in [-0.4, -0.2) is 58.9 Å². The number of methoxy groups -OCH3 is 1. The van der Waals surface area contributed by atoms with Crippen LogP contribution >= 0.6 is 11.8 Å². The highest BCUT2D eigenvalue weighted by Crippen LogP contribution is 2.36. The van der Waals surface area contributed by atoms with Gasteiger partial charge < -0.3 is 15.0 Å². The van der Waals surface area contributed by atoms with Crippen LogP contribution in [0.2, 0.25) is 0 Å². The average molecular weight is 522 g/mol. The van der Waals surface area contributed by atoms with Gasteiger partial charge in [-0.1, -0.05) is 42.8 Å². The van der Waals surface area contributed by atoms with Gasteiger partial charge in [0.1, 0.15) is 17.3 Å². The standard InChI is InChI=1S/C28H31N3O5S/c1-36-24-12-11-21(19-32)16-22(24)18-31-23-13-15-37-26(23)27(34)30(28(31)35)14-7-3-6-10-25(33)29-17-20-8-4-2-5-9-20/h2,4-5,8-9,11-13,15-16,19,23,26H,3,6-7,10,14,17-18H2,1H3,(H,29,33). The predicted molar refractivity (Wildman–Crippen MR) is 142 cm³/mol. The fourth-order valence-electron chi connectivity index (χ4n) is 4.57. The molecule has 0 saturated carbocycles. The molecular formula is C28H31N3O5S. The van der Waals surface area contributed by atoms with Crippen LogP contribution < -0.4 is 10.1 Å². The number of fused-ring (bicyclic) bond motifs is 1. The summed E-state index contributed by atoms with van der Waals surface area (Å²) in [6, 6.07) is 14.1. The van der Waals surface area contributed by atoms with E-state index in [1.54, 1.807) is 30.2 Å². The summed E-state index contributed by atoms with van der Waals surface area (Å²) in [7, 11) is 1.54. The third-order valence-electron chi connectivity index (χ3n) is 6.56. The maximum Gasteiger partial charge on any atom is 0.327 e. The maximum absolute atomic E-state index is 13.4. The van der Waals surface area contributed by atoms with E-state index < -0.39 is 0 Å². The van der Waals surface area contributed by atoms with Gasteiger partial charge in [-0.15, -0.1) is 11.8 Å². The lowest BCUT2D eigenvalue weighted by atomic mass is 10.0. The number of urea groups is 1. The molecule has 0 aromatic heterocycles. The molecule has 4 rings (SSSR count). The minimum absolute atomic E-state index is 0.0112. The Morgan fingerprint density at radius 3 is 2.68 bits per heavy atom. The highest BCUT2D eigenvalue weighted by molar-refractivity contribution is 8.03. The second-order valence-corrected chi connectivity index (χ2v) is 10.1. The number of imide groups is 1. The SMILES string of the molecule is COc1ccc(C=O)cc1CN1C(=O)N(CCCCCC(=O)NCc2ccccc2)C(=O)C2SC=CC21. The first-order valence-electron chi connectivity index (χ1n) is 12.4. The lowest BCUT2D eigenvalue weighted by Gasteiger charge is -2.41. The number of thioether (sulfide) groups is 1. The number of amides is 4. The van der Waals surface area contributed by atoms with Crippen LogP contribution in [0.1, 0.15) is 47.2 Å². The summed E-state index contributed by atoms with van der Waals surface area (Å²) in [5.74, 6) is 0.386. The van der Waals surface area contributed by atoms with Gasteiger partial charge in [-0.05, 0) is 42.0 Å². The van der Waals surface area contributed by atoms with Gasteiger partial charge in [-0.2, -0.15) is 0 Å². The van der Waals surface area contributed by atoms with Gasteiger partial charge in [0.15, 0.2) is 0 Å². The fourth-order valence-corrected chi connectivity index (χ4v) is 5.63. The van der Waals surface area contributed by atoms with Gasteiger partial charge in [-0.3, -0.25) is 19.3 Å². The van der Waals surface area contributed by atoms with Gasteiger partial charge in [-0.25, -0.2) is 4.79 Å².